The molecule has 1 atom stereocenters. The summed E-state index contributed by atoms with van der Waals surface area (Å²) in [4.78, 5) is 24.9. The molecule has 0 spiro atoms. The van der Waals surface area contributed by atoms with Gasteiger partial charge in [0.25, 0.3) is 0 Å². The summed E-state index contributed by atoms with van der Waals surface area (Å²) in [5, 5.41) is 7.19. The molecule has 3 aromatic carbocycles. The molecule has 0 saturated heterocycles. The average Bonchev–Trinajstić information content (AvgIpc) is 3.15. The fourth-order valence-electron chi connectivity index (χ4n) is 3.27. The zero-order chi connectivity index (χ0) is 20.8. The van der Waals surface area contributed by atoms with Crippen molar-refractivity contribution in [2.45, 2.75) is 19.0 Å². The lowest BCUT2D eigenvalue weighted by Crippen LogP contribution is -2.35. The highest BCUT2D eigenvalue weighted by molar-refractivity contribution is 5.76. The van der Waals surface area contributed by atoms with Crippen LogP contribution in [0.15, 0.2) is 100 Å². The number of rotatable bonds is 7. The molecule has 6 nitrogen and oxygen atoms in total. The molecule has 0 saturated carbocycles. The molecule has 0 aliphatic rings. The lowest BCUT2D eigenvalue weighted by atomic mass is 9.99. The zero-order valence-corrected chi connectivity index (χ0v) is 16.3. The molecule has 1 N–H and O–H groups in total. The van der Waals surface area contributed by atoms with Gasteiger partial charge in [0, 0.05) is 5.56 Å². The molecule has 0 aliphatic carbocycles. The Hall–Kier alpha value is -3.93. The molecule has 1 aromatic heterocycles. The van der Waals surface area contributed by atoms with Crippen LogP contribution in [0.2, 0.25) is 0 Å². The van der Waals surface area contributed by atoms with Gasteiger partial charge in [0.15, 0.2) is 0 Å². The van der Waals surface area contributed by atoms with Gasteiger partial charge in [0.2, 0.25) is 11.8 Å². The summed E-state index contributed by atoms with van der Waals surface area (Å²) in [6.45, 7) is -0.215. The van der Waals surface area contributed by atoms with Crippen LogP contribution in [0.5, 0.6) is 0 Å². The van der Waals surface area contributed by atoms with Gasteiger partial charge in [-0.2, -0.15) is 4.68 Å². The van der Waals surface area contributed by atoms with E-state index in [1.807, 2.05) is 78.9 Å². The molecule has 0 radical (unpaired) electrons. The number of aromatic nitrogens is 2. The maximum absolute atomic E-state index is 12.7. The van der Waals surface area contributed by atoms with E-state index < -0.39 is 5.76 Å². The number of hydrogen-bond acceptors (Lipinski definition) is 4. The fraction of sp³-hybridized carbons (Fsp3) is 0.125. The van der Waals surface area contributed by atoms with Gasteiger partial charge in [0.05, 0.1) is 6.04 Å². The van der Waals surface area contributed by atoms with Crippen LogP contribution in [0.3, 0.4) is 0 Å². The number of nitrogens with one attached hydrogen (secondary N) is 1. The van der Waals surface area contributed by atoms with E-state index in [-0.39, 0.29) is 24.4 Å². The first-order valence-electron chi connectivity index (χ1n) is 9.70. The third-order valence-corrected chi connectivity index (χ3v) is 4.74. The van der Waals surface area contributed by atoms with Crippen LogP contribution >= 0.6 is 0 Å². The summed E-state index contributed by atoms with van der Waals surface area (Å²) in [6, 6.07) is 28.6. The Morgan fingerprint density at radius 1 is 0.900 bits per heavy atom. The zero-order valence-electron chi connectivity index (χ0n) is 16.3. The van der Waals surface area contributed by atoms with Crippen LogP contribution in [0.1, 0.15) is 17.2 Å². The number of nitrogens with zero attached hydrogens (tertiary/aromatic N) is 2. The van der Waals surface area contributed by atoms with Crippen molar-refractivity contribution in [1.29, 1.82) is 0 Å². The number of hydrogen-bond donors (Lipinski definition) is 1. The van der Waals surface area contributed by atoms with Gasteiger partial charge in [-0.3, -0.25) is 4.79 Å². The van der Waals surface area contributed by atoms with Gasteiger partial charge < -0.3 is 9.73 Å². The molecular formula is C24H21N3O3. The van der Waals surface area contributed by atoms with Crippen LogP contribution in [0.4, 0.5) is 0 Å². The summed E-state index contributed by atoms with van der Waals surface area (Å²) in [7, 11) is 0. The van der Waals surface area contributed by atoms with Gasteiger partial charge in [0.1, 0.15) is 6.54 Å². The SMILES string of the molecule is O=C(Cn1nc(-c2ccccc2)oc1=O)NC(Cc1ccccc1)c1ccccc1. The molecule has 4 aromatic rings. The minimum atomic E-state index is -0.664. The highest BCUT2D eigenvalue weighted by Crippen LogP contribution is 2.18. The second kappa shape index (κ2) is 9.05. The van der Waals surface area contributed by atoms with Crippen LogP contribution < -0.4 is 11.1 Å². The van der Waals surface area contributed by atoms with Crippen molar-refractivity contribution in [3.8, 4) is 11.5 Å². The summed E-state index contributed by atoms with van der Waals surface area (Å²) < 4.78 is 6.25. The van der Waals surface area contributed by atoms with Crippen LogP contribution in [0.25, 0.3) is 11.5 Å². The minimum absolute atomic E-state index is 0.192. The average molecular weight is 399 g/mol. The first kappa shape index (κ1) is 19.4. The molecule has 0 fully saturated rings. The van der Waals surface area contributed by atoms with Gasteiger partial charge >= 0.3 is 5.76 Å². The highest BCUT2D eigenvalue weighted by Gasteiger charge is 2.18. The van der Waals surface area contributed by atoms with Crippen LogP contribution in [-0.4, -0.2) is 15.7 Å². The number of amides is 1. The number of carbonyl (C=O) groups is 1. The topological polar surface area (TPSA) is 77.1 Å². The third-order valence-electron chi connectivity index (χ3n) is 4.74. The summed E-state index contributed by atoms with van der Waals surface area (Å²) in [5.41, 5.74) is 2.78. The Balaban J connectivity index is 1.50. The molecule has 150 valence electrons. The Labute approximate surface area is 173 Å². The predicted molar refractivity (Wildman–Crippen MR) is 114 cm³/mol. The van der Waals surface area contributed by atoms with Gasteiger partial charge in [-0.05, 0) is 29.7 Å². The molecule has 1 amide bonds. The molecule has 30 heavy (non-hydrogen) atoms. The van der Waals surface area contributed by atoms with Gasteiger partial charge in [-0.1, -0.05) is 78.9 Å². The summed E-state index contributed by atoms with van der Waals surface area (Å²) >= 11 is 0. The Bertz CT molecular complexity index is 1150. The van der Waals surface area contributed by atoms with E-state index in [2.05, 4.69) is 10.4 Å². The van der Waals surface area contributed by atoms with E-state index >= 15 is 0 Å². The third kappa shape index (κ3) is 4.72. The van der Waals surface area contributed by atoms with Crippen molar-refractivity contribution in [2.24, 2.45) is 0 Å². The lowest BCUT2D eigenvalue weighted by molar-refractivity contribution is -0.122. The quantitative estimate of drug-likeness (QED) is 0.515. The van der Waals surface area contributed by atoms with Crippen molar-refractivity contribution in [3.63, 3.8) is 0 Å². The first-order chi connectivity index (χ1) is 14.7. The van der Waals surface area contributed by atoms with Crippen molar-refractivity contribution in [2.75, 3.05) is 0 Å². The maximum Gasteiger partial charge on any atom is 0.437 e. The van der Waals surface area contributed by atoms with E-state index in [4.69, 9.17) is 4.42 Å². The molecule has 6 heteroatoms. The van der Waals surface area contributed by atoms with E-state index in [0.717, 1.165) is 15.8 Å². The summed E-state index contributed by atoms with van der Waals surface area (Å²) in [6.07, 6.45) is 0.638. The highest BCUT2D eigenvalue weighted by atomic mass is 16.4. The normalized spacial score (nSPS) is 11.7. The van der Waals surface area contributed by atoms with Crippen molar-refractivity contribution < 1.29 is 9.21 Å². The number of carbonyl (C=O) groups excluding carboxylic acids is 1. The Morgan fingerprint density at radius 2 is 1.50 bits per heavy atom. The molecule has 4 rings (SSSR count). The fourth-order valence-corrected chi connectivity index (χ4v) is 3.27. The van der Waals surface area contributed by atoms with Crippen LogP contribution in [-0.2, 0) is 17.8 Å². The standard InChI is InChI=1S/C24H21N3O3/c28-22(17-27-24(29)30-23(26-27)20-14-8-3-9-15-20)25-21(19-12-6-2-7-13-19)16-18-10-4-1-5-11-18/h1-15,21H,16-17H2,(H,25,28). The first-order valence-corrected chi connectivity index (χ1v) is 9.70. The number of benzene rings is 3. The minimum Gasteiger partial charge on any atom is -0.388 e. The Kier molecular flexibility index (Phi) is 5.85. The van der Waals surface area contributed by atoms with Crippen molar-refractivity contribution in [1.82, 2.24) is 15.1 Å². The van der Waals surface area contributed by atoms with E-state index in [0.29, 0.717) is 12.0 Å². The predicted octanol–water partition coefficient (Wildman–Crippen LogP) is 3.60. The molecule has 0 bridgehead atoms. The van der Waals surface area contributed by atoms with E-state index in [1.165, 1.54) is 0 Å². The maximum atomic E-state index is 12.7. The van der Waals surface area contributed by atoms with Crippen molar-refractivity contribution >= 4 is 5.91 Å². The smallest absolute Gasteiger partial charge is 0.388 e. The van der Waals surface area contributed by atoms with Gasteiger partial charge in [-0.25, -0.2) is 4.79 Å². The molecule has 0 aliphatic heterocycles. The molecule has 1 unspecified atom stereocenters. The van der Waals surface area contributed by atoms with E-state index in [1.54, 1.807) is 12.1 Å². The Morgan fingerprint density at radius 3 is 2.17 bits per heavy atom. The monoisotopic (exact) mass is 399 g/mol. The second-order valence-electron chi connectivity index (χ2n) is 6.92. The molecule has 1 heterocycles. The van der Waals surface area contributed by atoms with Crippen molar-refractivity contribution in [3.05, 3.63) is 113 Å². The van der Waals surface area contributed by atoms with E-state index in [9.17, 15) is 9.59 Å². The van der Waals surface area contributed by atoms with Crippen LogP contribution in [0, 0.1) is 0 Å². The second-order valence-corrected chi connectivity index (χ2v) is 6.92. The lowest BCUT2D eigenvalue weighted by Gasteiger charge is -2.19. The van der Waals surface area contributed by atoms with Gasteiger partial charge in [-0.15, -0.1) is 5.10 Å². The largest absolute Gasteiger partial charge is 0.437 e. The molecular weight excluding hydrogens is 378 g/mol. The summed E-state index contributed by atoms with van der Waals surface area (Å²) in [5.74, 6) is -0.782.